The van der Waals surface area contributed by atoms with Gasteiger partial charge in [0.1, 0.15) is 6.42 Å². The van der Waals surface area contributed by atoms with E-state index in [9.17, 15) is 9.59 Å². The van der Waals surface area contributed by atoms with Crippen LogP contribution < -0.4 is 10.4 Å². The second kappa shape index (κ2) is 3.26. The van der Waals surface area contributed by atoms with Crippen molar-refractivity contribution in [2.75, 3.05) is 5.01 Å². The van der Waals surface area contributed by atoms with Crippen molar-refractivity contribution in [1.82, 2.24) is 10.4 Å². The van der Waals surface area contributed by atoms with Crippen molar-refractivity contribution in [1.29, 1.82) is 0 Å². The minimum absolute atomic E-state index is 0.160. The minimum atomic E-state index is -0.351. The van der Waals surface area contributed by atoms with Gasteiger partial charge in [0.15, 0.2) is 5.82 Å². The van der Waals surface area contributed by atoms with Gasteiger partial charge in [-0.25, -0.2) is 9.99 Å². The molecule has 0 bridgehead atoms. The van der Waals surface area contributed by atoms with Crippen LogP contribution in [0.5, 0.6) is 0 Å². The van der Waals surface area contributed by atoms with E-state index in [1.54, 1.807) is 12.1 Å². The summed E-state index contributed by atoms with van der Waals surface area (Å²) in [7, 11) is 0. The van der Waals surface area contributed by atoms with Crippen LogP contribution in [-0.4, -0.2) is 16.8 Å². The molecule has 0 aliphatic carbocycles. The number of rotatable bonds is 1. The Kier molecular flexibility index (Phi) is 2.09. The third-order valence-electron chi connectivity index (χ3n) is 1.75. The van der Waals surface area contributed by atoms with Gasteiger partial charge in [-0.1, -0.05) is 11.6 Å². The zero-order valence-corrected chi connectivity index (χ0v) is 7.78. The predicted molar refractivity (Wildman–Crippen MR) is 49.5 cm³/mol. The van der Waals surface area contributed by atoms with Gasteiger partial charge in [-0.2, -0.15) is 0 Å². The number of hydrazine groups is 1. The topological polar surface area (TPSA) is 62.3 Å². The zero-order valence-electron chi connectivity index (χ0n) is 7.03. The zero-order chi connectivity index (χ0) is 10.1. The van der Waals surface area contributed by atoms with Crippen LogP contribution in [0.25, 0.3) is 0 Å². The number of hydrogen-bond acceptors (Lipinski definition) is 3. The van der Waals surface area contributed by atoms with Crippen LogP contribution in [0.1, 0.15) is 6.42 Å². The van der Waals surface area contributed by atoms with E-state index < -0.39 is 0 Å². The van der Waals surface area contributed by atoms with E-state index >= 15 is 0 Å². The Morgan fingerprint density at radius 1 is 1.50 bits per heavy atom. The van der Waals surface area contributed by atoms with Crippen molar-refractivity contribution in [3.8, 4) is 0 Å². The molecule has 1 saturated heterocycles. The molecule has 1 fully saturated rings. The van der Waals surface area contributed by atoms with E-state index in [4.69, 9.17) is 11.6 Å². The van der Waals surface area contributed by atoms with Gasteiger partial charge in [-0.3, -0.25) is 15.0 Å². The molecule has 72 valence electrons. The highest BCUT2D eigenvalue weighted by Crippen LogP contribution is 2.23. The molecule has 1 aromatic rings. The number of halogens is 1. The number of pyridine rings is 1. The number of nitrogens with zero attached hydrogens (tertiary/aromatic N) is 2. The second-order valence-corrected chi connectivity index (χ2v) is 3.16. The normalized spacial score (nSPS) is 15.9. The molecular formula is C8H6ClN3O2. The van der Waals surface area contributed by atoms with Crippen molar-refractivity contribution in [2.24, 2.45) is 0 Å². The van der Waals surface area contributed by atoms with Gasteiger partial charge in [0, 0.05) is 6.20 Å². The van der Waals surface area contributed by atoms with Crippen LogP contribution in [0.3, 0.4) is 0 Å². The van der Waals surface area contributed by atoms with E-state index in [0.29, 0.717) is 5.02 Å². The van der Waals surface area contributed by atoms with Gasteiger partial charge in [-0.05, 0) is 12.1 Å². The summed E-state index contributed by atoms with van der Waals surface area (Å²) in [5, 5.41) is 1.38. The van der Waals surface area contributed by atoms with Gasteiger partial charge in [0.05, 0.1) is 5.02 Å². The molecule has 14 heavy (non-hydrogen) atoms. The molecule has 1 aromatic heterocycles. The van der Waals surface area contributed by atoms with E-state index in [1.807, 2.05) is 0 Å². The average molecular weight is 212 g/mol. The highest BCUT2D eigenvalue weighted by molar-refractivity contribution is 6.33. The molecule has 5 nitrogen and oxygen atoms in total. The third kappa shape index (κ3) is 1.42. The third-order valence-corrected chi connectivity index (χ3v) is 2.04. The highest BCUT2D eigenvalue weighted by Gasteiger charge is 2.30. The van der Waals surface area contributed by atoms with Gasteiger partial charge in [0.2, 0.25) is 5.91 Å². The number of carbonyl (C=O) groups excluding carboxylic acids is 2. The summed E-state index contributed by atoms with van der Waals surface area (Å²) < 4.78 is 0. The Bertz CT molecular complexity index is 407. The van der Waals surface area contributed by atoms with E-state index in [-0.39, 0.29) is 24.1 Å². The molecule has 1 aliphatic rings. The summed E-state index contributed by atoms with van der Waals surface area (Å²) in [5.41, 5.74) is 2.36. The first-order chi connectivity index (χ1) is 6.68. The Hall–Kier alpha value is -1.62. The molecule has 0 atom stereocenters. The second-order valence-electron chi connectivity index (χ2n) is 2.75. The summed E-state index contributed by atoms with van der Waals surface area (Å²) in [6.07, 6.45) is 1.34. The smallest absolute Gasteiger partial charge is 0.256 e. The summed E-state index contributed by atoms with van der Waals surface area (Å²) in [4.78, 5) is 26.1. The molecule has 2 rings (SSSR count). The number of aromatic nitrogens is 1. The van der Waals surface area contributed by atoms with Gasteiger partial charge < -0.3 is 0 Å². The lowest BCUT2D eigenvalue weighted by Gasteiger charge is -2.14. The maximum absolute atomic E-state index is 11.3. The predicted octanol–water partition coefficient (Wildman–Crippen LogP) is 0.503. The van der Waals surface area contributed by atoms with Gasteiger partial charge >= 0.3 is 0 Å². The van der Waals surface area contributed by atoms with Crippen LogP contribution in [0.4, 0.5) is 5.82 Å². The molecule has 1 aliphatic heterocycles. The van der Waals surface area contributed by atoms with E-state index in [1.165, 1.54) is 6.20 Å². The molecular weight excluding hydrogens is 206 g/mol. The molecule has 0 saturated carbocycles. The first-order valence-electron chi connectivity index (χ1n) is 3.91. The van der Waals surface area contributed by atoms with Gasteiger partial charge in [-0.15, -0.1) is 0 Å². The van der Waals surface area contributed by atoms with Crippen molar-refractivity contribution < 1.29 is 9.59 Å². The van der Waals surface area contributed by atoms with Crippen LogP contribution in [0.15, 0.2) is 18.3 Å². The lowest BCUT2D eigenvalue weighted by Crippen LogP contribution is -2.36. The monoisotopic (exact) mass is 211 g/mol. The van der Waals surface area contributed by atoms with Crippen molar-refractivity contribution >= 4 is 29.2 Å². The summed E-state index contributed by atoms with van der Waals surface area (Å²) in [6.45, 7) is 0. The first kappa shape index (κ1) is 8.96. The number of nitrogens with one attached hydrogen (secondary N) is 1. The number of carbonyl (C=O) groups is 2. The quantitative estimate of drug-likeness (QED) is 0.689. The fourth-order valence-electron chi connectivity index (χ4n) is 1.16. The minimum Gasteiger partial charge on any atom is -0.273 e. The lowest BCUT2D eigenvalue weighted by atomic mass is 10.4. The van der Waals surface area contributed by atoms with E-state index in [0.717, 1.165) is 5.01 Å². The average Bonchev–Trinajstić information content (AvgIpc) is 2.46. The highest BCUT2D eigenvalue weighted by atomic mass is 35.5. The number of anilines is 1. The molecule has 0 unspecified atom stereocenters. The van der Waals surface area contributed by atoms with Crippen LogP contribution >= 0.6 is 11.6 Å². The standard InChI is InChI=1S/C8H6ClN3O2/c9-5-2-1-3-10-8(5)12-7(14)4-6(13)11-12/h1-3H,4H2,(H,11,13). The largest absolute Gasteiger partial charge is 0.273 e. The van der Waals surface area contributed by atoms with Crippen molar-refractivity contribution in [2.45, 2.75) is 6.42 Å². The van der Waals surface area contributed by atoms with Crippen LogP contribution in [0.2, 0.25) is 5.02 Å². The Morgan fingerprint density at radius 3 is 2.86 bits per heavy atom. The Labute approximate surface area is 84.6 Å². The summed E-state index contributed by atoms with van der Waals surface area (Å²) in [6, 6.07) is 3.25. The Morgan fingerprint density at radius 2 is 2.29 bits per heavy atom. The summed E-state index contributed by atoms with van der Waals surface area (Å²) >= 11 is 5.81. The Balaban J connectivity index is 2.36. The lowest BCUT2D eigenvalue weighted by molar-refractivity contribution is -0.122. The molecule has 0 aromatic carbocycles. The van der Waals surface area contributed by atoms with Gasteiger partial charge in [0.25, 0.3) is 5.91 Å². The fraction of sp³-hybridized carbons (Fsp3) is 0.125. The number of hydrogen-bond donors (Lipinski definition) is 1. The molecule has 0 spiro atoms. The SMILES string of the molecule is O=C1CC(=O)N(c2ncccc2Cl)N1. The number of amides is 2. The molecule has 1 N–H and O–H groups in total. The molecule has 0 radical (unpaired) electrons. The maximum atomic E-state index is 11.3. The fourth-order valence-corrected chi connectivity index (χ4v) is 1.36. The van der Waals surface area contributed by atoms with Crippen LogP contribution in [0, 0.1) is 0 Å². The van der Waals surface area contributed by atoms with E-state index in [2.05, 4.69) is 10.4 Å². The van der Waals surface area contributed by atoms with Crippen molar-refractivity contribution in [3.05, 3.63) is 23.4 Å². The van der Waals surface area contributed by atoms with Crippen LogP contribution in [-0.2, 0) is 9.59 Å². The molecule has 2 amide bonds. The first-order valence-corrected chi connectivity index (χ1v) is 4.29. The van der Waals surface area contributed by atoms with Crippen molar-refractivity contribution in [3.63, 3.8) is 0 Å². The summed E-state index contributed by atoms with van der Waals surface area (Å²) in [5.74, 6) is -0.447. The maximum Gasteiger partial charge on any atom is 0.256 e. The molecule has 6 heteroatoms. The molecule has 2 heterocycles.